The Bertz CT molecular complexity index is 954. The van der Waals surface area contributed by atoms with Gasteiger partial charge in [-0.2, -0.15) is 0 Å². The van der Waals surface area contributed by atoms with Crippen LogP contribution in [0.2, 0.25) is 0 Å². The fourth-order valence-electron chi connectivity index (χ4n) is 3.84. The Morgan fingerprint density at radius 2 is 1.45 bits per heavy atom. The lowest BCUT2D eigenvalue weighted by atomic mass is 9.98. The summed E-state index contributed by atoms with van der Waals surface area (Å²) in [6.07, 6.45) is 0. The first-order chi connectivity index (χ1) is 13.9. The monoisotopic (exact) mass is 390 g/mol. The molecule has 5 heteroatoms. The summed E-state index contributed by atoms with van der Waals surface area (Å²) in [5.41, 5.74) is 4.79. The molecule has 0 aliphatic carbocycles. The van der Waals surface area contributed by atoms with Crippen molar-refractivity contribution in [1.82, 2.24) is 9.47 Å². The number of aromatic nitrogens is 1. The van der Waals surface area contributed by atoms with Gasteiger partial charge in [0.2, 0.25) is 0 Å². The summed E-state index contributed by atoms with van der Waals surface area (Å²) < 4.78 is 2.19. The number of nitrogens with zero attached hydrogens (tertiary/aromatic N) is 2. The molecule has 1 N–H and O–H groups in total. The largest absolute Gasteiger partial charge is 0.480 e. The second-order valence-corrected chi connectivity index (χ2v) is 7.37. The van der Waals surface area contributed by atoms with Crippen LogP contribution in [-0.2, 0) is 4.79 Å². The number of benzene rings is 2. The smallest absolute Gasteiger partial charge is 0.317 e. The van der Waals surface area contributed by atoms with Crippen LogP contribution < -0.4 is 0 Å². The van der Waals surface area contributed by atoms with Gasteiger partial charge >= 0.3 is 5.97 Å². The Balaban J connectivity index is 2.02. The van der Waals surface area contributed by atoms with Crippen LogP contribution >= 0.6 is 0 Å². The predicted octanol–water partition coefficient (Wildman–Crippen LogP) is 3.94. The number of carbonyl (C=O) groups is 2. The van der Waals surface area contributed by atoms with Gasteiger partial charge in [-0.15, -0.1) is 0 Å². The minimum Gasteiger partial charge on any atom is -0.480 e. The fraction of sp³-hybridized carbons (Fsp3) is 0.250. The molecular weight excluding hydrogens is 364 g/mol. The summed E-state index contributed by atoms with van der Waals surface area (Å²) >= 11 is 0. The molecule has 1 heterocycles. The summed E-state index contributed by atoms with van der Waals surface area (Å²) in [6, 6.07) is 22.3. The highest BCUT2D eigenvalue weighted by molar-refractivity contribution is 5.99. The van der Waals surface area contributed by atoms with Gasteiger partial charge in [-0.05, 0) is 38.1 Å². The van der Waals surface area contributed by atoms with Crippen molar-refractivity contribution in [2.45, 2.75) is 19.9 Å². The molecule has 3 aromatic rings. The minimum absolute atomic E-state index is 0.0456. The molecule has 5 nitrogen and oxygen atoms in total. The minimum atomic E-state index is -0.945. The third-order valence-corrected chi connectivity index (χ3v) is 5.09. The van der Waals surface area contributed by atoms with Crippen molar-refractivity contribution >= 4 is 11.8 Å². The molecule has 1 aromatic heterocycles. The highest BCUT2D eigenvalue weighted by Gasteiger charge is 2.24. The molecule has 0 spiro atoms. The van der Waals surface area contributed by atoms with Crippen molar-refractivity contribution < 1.29 is 14.7 Å². The molecule has 0 unspecified atom stereocenters. The summed E-state index contributed by atoms with van der Waals surface area (Å²) in [5, 5.41) is 8.94. The summed E-state index contributed by atoms with van der Waals surface area (Å²) in [7, 11) is 1.64. The Labute approximate surface area is 171 Å². The first kappa shape index (κ1) is 20.6. The number of carboxylic acids is 1. The van der Waals surface area contributed by atoms with Gasteiger partial charge in [0.15, 0.2) is 5.78 Å². The second kappa shape index (κ2) is 8.88. The Morgan fingerprint density at radius 1 is 0.931 bits per heavy atom. The van der Waals surface area contributed by atoms with Crippen molar-refractivity contribution in [1.29, 1.82) is 0 Å². The molecule has 0 amide bonds. The Morgan fingerprint density at radius 3 is 1.93 bits per heavy atom. The number of carbonyl (C=O) groups excluding carboxylic acids is 1. The molecule has 0 fully saturated rings. The zero-order chi connectivity index (χ0) is 21.0. The van der Waals surface area contributed by atoms with Gasteiger partial charge in [0.1, 0.15) is 0 Å². The average Bonchev–Trinajstić information content (AvgIpc) is 2.98. The first-order valence-corrected chi connectivity index (χ1v) is 9.60. The van der Waals surface area contributed by atoms with Crippen LogP contribution in [-0.4, -0.2) is 46.5 Å². The standard InChI is InChI=1S/C24H26N2O3/c1-17-14-21(22(27)15-25(3)16-23(28)29)18(2)26(17)24(19-10-6-4-7-11-19)20-12-8-5-9-13-20/h4-14,24H,15-16H2,1-3H3,(H,28,29). The van der Waals surface area contributed by atoms with Gasteiger partial charge in [-0.1, -0.05) is 60.7 Å². The summed E-state index contributed by atoms with van der Waals surface area (Å²) in [4.78, 5) is 25.3. The molecule has 3 rings (SSSR count). The molecule has 2 aromatic carbocycles. The van der Waals surface area contributed by atoms with Crippen LogP contribution in [0, 0.1) is 13.8 Å². The van der Waals surface area contributed by atoms with Gasteiger partial charge in [0.25, 0.3) is 0 Å². The Hall–Kier alpha value is -3.18. The van der Waals surface area contributed by atoms with E-state index >= 15 is 0 Å². The topological polar surface area (TPSA) is 62.5 Å². The van der Waals surface area contributed by atoms with Crippen LogP contribution in [0.1, 0.15) is 38.9 Å². The van der Waals surface area contributed by atoms with Gasteiger partial charge < -0.3 is 9.67 Å². The van der Waals surface area contributed by atoms with Crippen LogP contribution in [0.25, 0.3) is 0 Å². The van der Waals surface area contributed by atoms with Crippen molar-refractivity contribution in [2.24, 2.45) is 0 Å². The fourth-order valence-corrected chi connectivity index (χ4v) is 3.84. The number of carboxylic acid groups (broad SMARTS) is 1. The number of hydrogen-bond donors (Lipinski definition) is 1. The highest BCUT2D eigenvalue weighted by atomic mass is 16.4. The lowest BCUT2D eigenvalue weighted by Gasteiger charge is -2.24. The van der Waals surface area contributed by atoms with Crippen molar-refractivity contribution in [3.05, 3.63) is 94.8 Å². The van der Waals surface area contributed by atoms with Crippen molar-refractivity contribution in [3.8, 4) is 0 Å². The van der Waals surface area contributed by atoms with E-state index in [-0.39, 0.29) is 24.9 Å². The normalized spacial score (nSPS) is 11.2. The Kier molecular flexibility index (Phi) is 6.29. The van der Waals surface area contributed by atoms with E-state index < -0.39 is 5.97 Å². The van der Waals surface area contributed by atoms with E-state index in [1.54, 1.807) is 7.05 Å². The van der Waals surface area contributed by atoms with E-state index in [9.17, 15) is 9.59 Å². The van der Waals surface area contributed by atoms with Crippen LogP contribution in [0.4, 0.5) is 0 Å². The number of rotatable bonds is 8. The number of likely N-dealkylation sites (N-methyl/N-ethyl adjacent to an activating group) is 1. The summed E-state index contributed by atoms with van der Waals surface area (Å²) in [5.74, 6) is -1.02. The second-order valence-electron chi connectivity index (χ2n) is 7.37. The van der Waals surface area contributed by atoms with Crippen LogP contribution in [0.5, 0.6) is 0 Å². The van der Waals surface area contributed by atoms with Gasteiger partial charge in [-0.25, -0.2) is 0 Å². The molecule has 0 saturated heterocycles. The van der Waals surface area contributed by atoms with E-state index in [4.69, 9.17) is 5.11 Å². The third-order valence-electron chi connectivity index (χ3n) is 5.09. The van der Waals surface area contributed by atoms with Crippen LogP contribution in [0.3, 0.4) is 0 Å². The zero-order valence-electron chi connectivity index (χ0n) is 17.0. The van der Waals surface area contributed by atoms with Gasteiger partial charge in [-0.3, -0.25) is 14.5 Å². The zero-order valence-corrected chi connectivity index (χ0v) is 17.0. The number of hydrogen-bond acceptors (Lipinski definition) is 3. The number of Topliss-reactive ketones (excluding diaryl/α,β-unsaturated/α-hetero) is 1. The molecule has 0 radical (unpaired) electrons. The van der Waals surface area contributed by atoms with E-state index in [1.807, 2.05) is 56.3 Å². The van der Waals surface area contributed by atoms with E-state index in [0.29, 0.717) is 5.56 Å². The molecule has 29 heavy (non-hydrogen) atoms. The van der Waals surface area contributed by atoms with E-state index in [0.717, 1.165) is 22.5 Å². The van der Waals surface area contributed by atoms with Crippen molar-refractivity contribution in [3.63, 3.8) is 0 Å². The molecule has 0 atom stereocenters. The van der Waals surface area contributed by atoms with E-state index in [2.05, 4.69) is 28.8 Å². The lowest BCUT2D eigenvalue weighted by molar-refractivity contribution is -0.137. The first-order valence-electron chi connectivity index (χ1n) is 9.60. The van der Waals surface area contributed by atoms with Gasteiger partial charge in [0.05, 0.1) is 19.1 Å². The van der Waals surface area contributed by atoms with Crippen molar-refractivity contribution in [2.75, 3.05) is 20.1 Å². The van der Waals surface area contributed by atoms with Crippen LogP contribution in [0.15, 0.2) is 66.7 Å². The molecule has 0 bridgehead atoms. The number of aliphatic carboxylic acids is 1. The molecule has 0 aliphatic heterocycles. The lowest BCUT2D eigenvalue weighted by Crippen LogP contribution is -2.31. The number of ketones is 1. The average molecular weight is 390 g/mol. The predicted molar refractivity (Wildman–Crippen MR) is 113 cm³/mol. The van der Waals surface area contributed by atoms with Gasteiger partial charge in [0, 0.05) is 17.0 Å². The molecule has 0 saturated carbocycles. The maximum atomic E-state index is 12.9. The maximum Gasteiger partial charge on any atom is 0.317 e. The third kappa shape index (κ3) is 4.63. The highest BCUT2D eigenvalue weighted by Crippen LogP contribution is 2.31. The SMILES string of the molecule is Cc1cc(C(=O)CN(C)CC(=O)O)c(C)n1C(c1ccccc1)c1ccccc1. The van der Waals surface area contributed by atoms with E-state index in [1.165, 1.54) is 4.90 Å². The maximum absolute atomic E-state index is 12.9. The molecule has 150 valence electrons. The number of aryl methyl sites for hydroxylation is 1. The molecule has 0 aliphatic rings. The molecular formula is C24H26N2O3. The quantitative estimate of drug-likeness (QED) is 0.592. The summed E-state index contributed by atoms with van der Waals surface area (Å²) in [6.45, 7) is 3.86.